The van der Waals surface area contributed by atoms with E-state index in [1.165, 1.54) is 64.2 Å². The van der Waals surface area contributed by atoms with Gasteiger partial charge in [-0.3, -0.25) is 4.79 Å². The number of carbonyl (C=O) groups is 1. The van der Waals surface area contributed by atoms with Crippen molar-refractivity contribution >= 4 is 5.78 Å². The molecule has 4 aliphatic rings. The highest BCUT2D eigenvalue weighted by Crippen LogP contribution is 2.68. The third kappa shape index (κ3) is 3.24. The maximum absolute atomic E-state index is 12.1. The van der Waals surface area contributed by atoms with Crippen LogP contribution in [-0.4, -0.2) is 5.78 Å². The number of fused-ring (bicyclic) bond motifs is 5. The molecule has 0 aromatic heterocycles. The number of hydrogen-bond acceptors (Lipinski definition) is 1. The minimum atomic E-state index is 0.122. The first-order valence-corrected chi connectivity index (χ1v) is 12.5. The quantitative estimate of drug-likeness (QED) is 0.460. The van der Waals surface area contributed by atoms with Crippen molar-refractivity contribution in [3.05, 3.63) is 12.2 Å². The molecular weight excluding hydrogens is 340 g/mol. The summed E-state index contributed by atoms with van der Waals surface area (Å²) in [4.78, 5) is 12.1. The third-order valence-electron chi connectivity index (χ3n) is 10.4. The maximum atomic E-state index is 12.1. The van der Waals surface area contributed by atoms with E-state index in [0.717, 1.165) is 29.6 Å². The summed E-state index contributed by atoms with van der Waals surface area (Å²) in [7, 11) is 0. The van der Waals surface area contributed by atoms with Crippen LogP contribution in [-0.2, 0) is 4.79 Å². The molecule has 0 aromatic carbocycles. The molecule has 0 aliphatic heterocycles. The molecule has 1 heteroatoms. The van der Waals surface area contributed by atoms with E-state index in [0.29, 0.717) is 22.5 Å². The standard InChI is InChI=1S/C27H44O/c1-18(2)25(28)14-9-19(3)22-12-13-23-21-11-10-20-8-6-7-16-26(20,4)24(21)15-17-27(22,23)5/h9,14,18-24H,6-8,10-13,15-17H2,1-5H3/t19-,20?,21+,22-,23+,24+,26+,27-/m1/s1. The molecule has 0 bridgehead atoms. The summed E-state index contributed by atoms with van der Waals surface area (Å²) < 4.78 is 0. The van der Waals surface area contributed by atoms with Crippen LogP contribution in [0.15, 0.2) is 12.2 Å². The van der Waals surface area contributed by atoms with Gasteiger partial charge in [0.25, 0.3) is 0 Å². The molecular formula is C27H44O. The summed E-state index contributed by atoms with van der Waals surface area (Å²) in [5, 5.41) is 0. The van der Waals surface area contributed by atoms with Crippen LogP contribution < -0.4 is 0 Å². The Bertz CT molecular complexity index is 618. The Morgan fingerprint density at radius 3 is 2.36 bits per heavy atom. The SMILES string of the molecule is CC(C)C(=O)C=C[C@@H](C)[C@H]1CC[C@H]2[C@@H]3CCC4CCCC[C@]4(C)[C@H]3CC[C@]12C. The Morgan fingerprint density at radius 1 is 0.857 bits per heavy atom. The van der Waals surface area contributed by atoms with Gasteiger partial charge >= 0.3 is 0 Å². The van der Waals surface area contributed by atoms with Crippen LogP contribution in [0.3, 0.4) is 0 Å². The molecule has 0 amide bonds. The zero-order chi connectivity index (χ0) is 20.1. The first kappa shape index (κ1) is 20.7. The van der Waals surface area contributed by atoms with E-state index in [1.54, 1.807) is 0 Å². The normalized spacial score (nSPS) is 46.9. The molecule has 4 rings (SSSR count). The number of hydrogen-bond donors (Lipinski definition) is 0. The maximum Gasteiger partial charge on any atom is 0.157 e. The minimum absolute atomic E-state index is 0.122. The van der Waals surface area contributed by atoms with Gasteiger partial charge in [-0.1, -0.05) is 53.5 Å². The molecule has 4 aliphatic carbocycles. The molecule has 0 saturated heterocycles. The molecule has 1 nitrogen and oxygen atoms in total. The lowest BCUT2D eigenvalue weighted by Gasteiger charge is -2.60. The van der Waals surface area contributed by atoms with Gasteiger partial charge in [-0.05, 0) is 104 Å². The Kier molecular flexibility index (Phi) is 5.60. The van der Waals surface area contributed by atoms with Crippen LogP contribution >= 0.6 is 0 Å². The lowest BCUT2D eigenvalue weighted by atomic mass is 9.44. The highest BCUT2D eigenvalue weighted by molar-refractivity contribution is 5.91. The average molecular weight is 385 g/mol. The lowest BCUT2D eigenvalue weighted by Crippen LogP contribution is -2.53. The number of allylic oxidation sites excluding steroid dienone is 2. The number of ketones is 1. The molecule has 1 unspecified atom stereocenters. The summed E-state index contributed by atoms with van der Waals surface area (Å²) in [6, 6.07) is 0. The zero-order valence-corrected chi connectivity index (χ0v) is 19.2. The highest BCUT2D eigenvalue weighted by Gasteiger charge is 2.59. The van der Waals surface area contributed by atoms with E-state index in [9.17, 15) is 4.79 Å². The average Bonchev–Trinajstić information content (AvgIpc) is 3.02. The second-order valence-electron chi connectivity index (χ2n) is 11.9. The first-order chi connectivity index (χ1) is 13.3. The number of carbonyl (C=O) groups excluding carboxylic acids is 1. The Hall–Kier alpha value is -0.590. The van der Waals surface area contributed by atoms with Crippen LogP contribution in [0.25, 0.3) is 0 Å². The molecule has 4 saturated carbocycles. The van der Waals surface area contributed by atoms with Crippen molar-refractivity contribution in [2.75, 3.05) is 0 Å². The highest BCUT2D eigenvalue weighted by atomic mass is 16.1. The molecule has 8 atom stereocenters. The van der Waals surface area contributed by atoms with E-state index in [-0.39, 0.29) is 5.92 Å². The van der Waals surface area contributed by atoms with E-state index >= 15 is 0 Å². The van der Waals surface area contributed by atoms with Crippen molar-refractivity contribution in [3.63, 3.8) is 0 Å². The predicted molar refractivity (Wildman–Crippen MR) is 118 cm³/mol. The second-order valence-corrected chi connectivity index (χ2v) is 11.9. The summed E-state index contributed by atoms with van der Waals surface area (Å²) >= 11 is 0. The van der Waals surface area contributed by atoms with E-state index < -0.39 is 0 Å². The Labute approximate surface area is 174 Å². The smallest absolute Gasteiger partial charge is 0.157 e. The fraction of sp³-hybridized carbons (Fsp3) is 0.889. The molecule has 0 radical (unpaired) electrons. The van der Waals surface area contributed by atoms with Gasteiger partial charge in [0.2, 0.25) is 0 Å². The Balaban J connectivity index is 1.51. The van der Waals surface area contributed by atoms with Gasteiger partial charge in [-0.25, -0.2) is 0 Å². The van der Waals surface area contributed by atoms with Gasteiger partial charge in [0.15, 0.2) is 5.78 Å². The predicted octanol–water partition coefficient (Wildman–Crippen LogP) is 7.45. The molecule has 28 heavy (non-hydrogen) atoms. The number of rotatable bonds is 4. The van der Waals surface area contributed by atoms with Crippen LogP contribution in [0.5, 0.6) is 0 Å². The summed E-state index contributed by atoms with van der Waals surface area (Å²) in [6.45, 7) is 11.7. The van der Waals surface area contributed by atoms with Crippen LogP contribution in [0, 0.1) is 52.3 Å². The van der Waals surface area contributed by atoms with Crippen LogP contribution in [0.2, 0.25) is 0 Å². The van der Waals surface area contributed by atoms with Crippen LogP contribution in [0.4, 0.5) is 0 Å². The van der Waals surface area contributed by atoms with Crippen molar-refractivity contribution in [1.82, 2.24) is 0 Å². The first-order valence-electron chi connectivity index (χ1n) is 12.5. The van der Waals surface area contributed by atoms with Crippen LogP contribution in [0.1, 0.15) is 98.8 Å². The van der Waals surface area contributed by atoms with Crippen molar-refractivity contribution in [3.8, 4) is 0 Å². The largest absolute Gasteiger partial charge is 0.295 e. The van der Waals surface area contributed by atoms with E-state index in [4.69, 9.17) is 0 Å². The molecule has 0 spiro atoms. The van der Waals surface area contributed by atoms with Gasteiger partial charge < -0.3 is 0 Å². The van der Waals surface area contributed by atoms with E-state index in [1.807, 2.05) is 19.9 Å². The van der Waals surface area contributed by atoms with Crippen molar-refractivity contribution in [2.24, 2.45) is 52.3 Å². The summed E-state index contributed by atoms with van der Waals surface area (Å²) in [5.41, 5.74) is 1.15. The molecule has 0 aromatic rings. The zero-order valence-electron chi connectivity index (χ0n) is 19.2. The molecule has 158 valence electrons. The summed E-state index contributed by atoms with van der Waals surface area (Å²) in [6.07, 6.45) is 18.9. The second kappa shape index (κ2) is 7.59. The van der Waals surface area contributed by atoms with Gasteiger partial charge in [0, 0.05) is 5.92 Å². The van der Waals surface area contributed by atoms with E-state index in [2.05, 4.69) is 26.8 Å². The van der Waals surface area contributed by atoms with Crippen molar-refractivity contribution in [2.45, 2.75) is 98.8 Å². The van der Waals surface area contributed by atoms with Gasteiger partial charge in [0.05, 0.1) is 0 Å². The van der Waals surface area contributed by atoms with Gasteiger partial charge in [-0.2, -0.15) is 0 Å². The lowest BCUT2D eigenvalue weighted by molar-refractivity contribution is -0.117. The summed E-state index contributed by atoms with van der Waals surface area (Å²) in [5.74, 6) is 5.66. The Morgan fingerprint density at radius 2 is 1.61 bits per heavy atom. The monoisotopic (exact) mass is 384 g/mol. The molecule has 0 heterocycles. The molecule has 0 N–H and O–H groups in total. The fourth-order valence-electron chi connectivity index (χ4n) is 8.77. The van der Waals surface area contributed by atoms with Gasteiger partial charge in [-0.15, -0.1) is 0 Å². The van der Waals surface area contributed by atoms with Gasteiger partial charge in [0.1, 0.15) is 0 Å². The van der Waals surface area contributed by atoms with Crippen molar-refractivity contribution < 1.29 is 4.79 Å². The van der Waals surface area contributed by atoms with Crippen molar-refractivity contribution in [1.29, 1.82) is 0 Å². The minimum Gasteiger partial charge on any atom is -0.295 e. The fourth-order valence-corrected chi connectivity index (χ4v) is 8.77. The topological polar surface area (TPSA) is 17.1 Å². The molecule has 4 fully saturated rings. The third-order valence-corrected chi connectivity index (χ3v) is 10.4.